The van der Waals surface area contributed by atoms with Gasteiger partial charge >= 0.3 is 5.97 Å². The Labute approximate surface area is 139 Å². The number of esters is 1. The molecule has 0 atom stereocenters. The van der Waals surface area contributed by atoms with Gasteiger partial charge in [0.15, 0.2) is 0 Å². The Morgan fingerprint density at radius 3 is 2.46 bits per heavy atom. The maximum atomic E-state index is 11.5. The summed E-state index contributed by atoms with van der Waals surface area (Å²) in [4.78, 5) is 12.9. The number of phenolic OH excluding ortho intramolecular Hbond substituents is 1. The topological polar surface area (TPSA) is 77.2 Å². The molecule has 0 aliphatic heterocycles. The van der Waals surface area contributed by atoms with Crippen LogP contribution in [0.2, 0.25) is 0 Å². The van der Waals surface area contributed by atoms with Crippen LogP contribution in [0.4, 0.5) is 0 Å². The highest BCUT2D eigenvalue weighted by Crippen LogP contribution is 2.23. The van der Waals surface area contributed by atoms with E-state index in [4.69, 9.17) is 4.74 Å². The lowest BCUT2D eigenvalue weighted by atomic mass is 10.1. The summed E-state index contributed by atoms with van der Waals surface area (Å²) in [5, 5.41) is 18.9. The number of aromatic hydroxyl groups is 1. The highest BCUT2D eigenvalue weighted by atomic mass is 16.5. The molecule has 0 unspecified atom stereocenters. The molecular formula is C18H19N3O3. The molecule has 0 bridgehead atoms. The van der Waals surface area contributed by atoms with Crippen molar-refractivity contribution in [1.29, 1.82) is 0 Å². The smallest absolute Gasteiger partial charge is 0.308 e. The molecular weight excluding hydrogens is 306 g/mol. The van der Waals surface area contributed by atoms with Crippen LogP contribution in [0.15, 0.2) is 42.5 Å². The first-order chi connectivity index (χ1) is 11.5. The number of aromatic nitrogens is 3. The molecule has 6 nitrogen and oxygen atoms in total. The predicted octanol–water partition coefficient (Wildman–Crippen LogP) is 2.87. The summed E-state index contributed by atoms with van der Waals surface area (Å²) in [6.07, 6.45) is 0.562. The van der Waals surface area contributed by atoms with Gasteiger partial charge in [-0.15, -0.1) is 15.0 Å². The van der Waals surface area contributed by atoms with Gasteiger partial charge in [0.1, 0.15) is 22.5 Å². The molecule has 0 spiro atoms. The van der Waals surface area contributed by atoms with Crippen molar-refractivity contribution in [2.75, 3.05) is 6.61 Å². The molecule has 1 heterocycles. The van der Waals surface area contributed by atoms with E-state index in [0.717, 1.165) is 16.6 Å². The van der Waals surface area contributed by atoms with E-state index in [0.29, 0.717) is 18.7 Å². The number of carbonyl (C=O) groups is 1. The predicted molar refractivity (Wildman–Crippen MR) is 90.0 cm³/mol. The summed E-state index contributed by atoms with van der Waals surface area (Å²) < 4.78 is 5.19. The normalized spacial score (nSPS) is 11.1. The molecule has 124 valence electrons. The molecule has 24 heavy (non-hydrogen) atoms. The molecule has 2 aromatic carbocycles. The summed E-state index contributed by atoms with van der Waals surface area (Å²) in [5.41, 5.74) is 2.95. The fourth-order valence-electron chi connectivity index (χ4n) is 2.29. The SMILES string of the molecule is CC(C)C(=O)OCCc1ccc(O)c(-n2nc3ccccc3n2)c1. The highest BCUT2D eigenvalue weighted by molar-refractivity contribution is 5.73. The Bertz CT molecular complexity index is 838. The number of hydrogen-bond acceptors (Lipinski definition) is 5. The van der Waals surface area contributed by atoms with Crippen molar-refractivity contribution in [2.24, 2.45) is 5.92 Å². The molecule has 0 aliphatic carbocycles. The Kier molecular flexibility index (Phi) is 4.46. The number of fused-ring (bicyclic) bond motifs is 1. The minimum atomic E-state index is -0.214. The molecule has 1 N–H and O–H groups in total. The Hall–Kier alpha value is -2.89. The number of hydrogen-bond donors (Lipinski definition) is 1. The first-order valence-electron chi connectivity index (χ1n) is 7.85. The van der Waals surface area contributed by atoms with Gasteiger partial charge in [-0.2, -0.15) is 0 Å². The van der Waals surface area contributed by atoms with Crippen molar-refractivity contribution >= 4 is 17.0 Å². The van der Waals surface area contributed by atoms with Crippen LogP contribution in [0, 0.1) is 5.92 Å². The zero-order valence-electron chi connectivity index (χ0n) is 13.6. The van der Waals surface area contributed by atoms with Gasteiger partial charge in [-0.1, -0.05) is 32.0 Å². The lowest BCUT2D eigenvalue weighted by Crippen LogP contribution is -2.13. The molecule has 3 rings (SSSR count). The summed E-state index contributed by atoms with van der Waals surface area (Å²) >= 11 is 0. The van der Waals surface area contributed by atoms with Crippen molar-refractivity contribution in [3.63, 3.8) is 0 Å². The zero-order valence-corrected chi connectivity index (χ0v) is 13.6. The Morgan fingerprint density at radius 2 is 1.83 bits per heavy atom. The third kappa shape index (κ3) is 3.37. The van der Waals surface area contributed by atoms with Gasteiger partial charge < -0.3 is 9.84 Å². The summed E-state index contributed by atoms with van der Waals surface area (Å²) in [5.74, 6) is -0.256. The number of phenols is 1. The molecule has 0 radical (unpaired) electrons. The maximum Gasteiger partial charge on any atom is 0.308 e. The Balaban J connectivity index is 1.80. The minimum Gasteiger partial charge on any atom is -0.506 e. The van der Waals surface area contributed by atoms with Crippen molar-refractivity contribution in [3.05, 3.63) is 48.0 Å². The molecule has 1 aromatic heterocycles. The third-order valence-electron chi connectivity index (χ3n) is 3.65. The van der Waals surface area contributed by atoms with E-state index < -0.39 is 0 Å². The van der Waals surface area contributed by atoms with Gasteiger partial charge in [0.05, 0.1) is 12.5 Å². The van der Waals surface area contributed by atoms with Crippen LogP contribution in [-0.4, -0.2) is 32.7 Å². The second kappa shape index (κ2) is 6.70. The number of ether oxygens (including phenoxy) is 1. The summed E-state index contributed by atoms with van der Waals surface area (Å²) in [6, 6.07) is 12.7. The molecule has 0 fully saturated rings. The maximum absolute atomic E-state index is 11.5. The largest absolute Gasteiger partial charge is 0.506 e. The number of nitrogens with zero attached hydrogens (tertiary/aromatic N) is 3. The fraction of sp³-hybridized carbons (Fsp3) is 0.278. The van der Waals surface area contributed by atoms with Crippen LogP contribution >= 0.6 is 0 Å². The lowest BCUT2D eigenvalue weighted by molar-refractivity contribution is -0.147. The first-order valence-corrected chi connectivity index (χ1v) is 7.85. The second-order valence-electron chi connectivity index (χ2n) is 5.87. The van der Waals surface area contributed by atoms with Gasteiger partial charge in [-0.25, -0.2) is 0 Å². The fourth-order valence-corrected chi connectivity index (χ4v) is 2.29. The van der Waals surface area contributed by atoms with Gasteiger partial charge in [-0.3, -0.25) is 4.79 Å². The van der Waals surface area contributed by atoms with Gasteiger partial charge in [0.2, 0.25) is 0 Å². The minimum absolute atomic E-state index is 0.0956. The molecule has 0 saturated carbocycles. The quantitative estimate of drug-likeness (QED) is 0.730. The van der Waals surface area contributed by atoms with Crippen LogP contribution in [0.1, 0.15) is 19.4 Å². The van der Waals surface area contributed by atoms with E-state index in [9.17, 15) is 9.90 Å². The lowest BCUT2D eigenvalue weighted by Gasteiger charge is -2.09. The van der Waals surface area contributed by atoms with Gasteiger partial charge in [0.25, 0.3) is 0 Å². The molecule has 0 aliphatic rings. The van der Waals surface area contributed by atoms with Crippen molar-refractivity contribution in [2.45, 2.75) is 20.3 Å². The van der Waals surface area contributed by atoms with E-state index in [1.807, 2.05) is 24.3 Å². The first kappa shape index (κ1) is 16.0. The second-order valence-corrected chi connectivity index (χ2v) is 5.87. The summed E-state index contributed by atoms with van der Waals surface area (Å²) in [6.45, 7) is 3.90. The Morgan fingerprint density at radius 1 is 1.17 bits per heavy atom. The van der Waals surface area contributed by atoms with Crippen LogP contribution in [0.25, 0.3) is 16.7 Å². The van der Waals surface area contributed by atoms with Crippen LogP contribution in [0.3, 0.4) is 0 Å². The molecule has 0 saturated heterocycles. The van der Waals surface area contributed by atoms with E-state index in [1.54, 1.807) is 32.0 Å². The van der Waals surface area contributed by atoms with E-state index >= 15 is 0 Å². The monoisotopic (exact) mass is 325 g/mol. The zero-order chi connectivity index (χ0) is 17.1. The standard InChI is InChI=1S/C18H19N3O3/c1-12(2)18(23)24-10-9-13-7-8-17(22)16(11-13)21-19-14-5-3-4-6-15(14)20-21/h3-8,11-12,22H,9-10H2,1-2H3. The molecule has 3 aromatic rings. The van der Waals surface area contributed by atoms with Crippen molar-refractivity contribution in [3.8, 4) is 11.4 Å². The van der Waals surface area contributed by atoms with E-state index in [2.05, 4.69) is 10.2 Å². The molecule has 0 amide bonds. The number of rotatable bonds is 5. The summed E-state index contributed by atoms with van der Waals surface area (Å²) in [7, 11) is 0. The van der Waals surface area contributed by atoms with Gasteiger partial charge in [0, 0.05) is 6.42 Å². The van der Waals surface area contributed by atoms with Crippen molar-refractivity contribution in [1.82, 2.24) is 15.0 Å². The molecule has 6 heteroatoms. The number of benzene rings is 2. The van der Waals surface area contributed by atoms with Crippen LogP contribution < -0.4 is 0 Å². The van der Waals surface area contributed by atoms with Crippen LogP contribution in [-0.2, 0) is 16.0 Å². The average Bonchev–Trinajstić information content (AvgIpc) is 3.00. The number of carbonyl (C=O) groups excluding carboxylic acids is 1. The van der Waals surface area contributed by atoms with E-state index in [1.165, 1.54) is 4.80 Å². The van der Waals surface area contributed by atoms with Crippen LogP contribution in [0.5, 0.6) is 5.75 Å². The van der Waals surface area contributed by atoms with E-state index in [-0.39, 0.29) is 17.6 Å². The van der Waals surface area contributed by atoms with Gasteiger partial charge in [-0.05, 0) is 29.8 Å². The van der Waals surface area contributed by atoms with Crippen molar-refractivity contribution < 1.29 is 14.6 Å². The highest BCUT2D eigenvalue weighted by Gasteiger charge is 2.11. The third-order valence-corrected chi connectivity index (χ3v) is 3.65. The average molecular weight is 325 g/mol.